The fourth-order valence-electron chi connectivity index (χ4n) is 1.95. The Balaban J connectivity index is 2.02. The van der Waals surface area contributed by atoms with Gasteiger partial charge in [0, 0.05) is 18.8 Å². The fourth-order valence-corrected chi connectivity index (χ4v) is 1.95. The van der Waals surface area contributed by atoms with Crippen molar-refractivity contribution in [2.75, 3.05) is 0 Å². The molecule has 2 heterocycles. The first-order valence-electron chi connectivity index (χ1n) is 5.63. The highest BCUT2D eigenvalue weighted by atomic mass is 14.9. The van der Waals surface area contributed by atoms with Crippen molar-refractivity contribution in [2.24, 2.45) is 0 Å². The number of H-pyrrole nitrogens is 1. The minimum atomic E-state index is 0.598. The van der Waals surface area contributed by atoms with Crippen molar-refractivity contribution in [3.8, 4) is 6.07 Å². The summed E-state index contributed by atoms with van der Waals surface area (Å²) >= 11 is 0. The molecule has 0 spiro atoms. The highest BCUT2D eigenvalue weighted by molar-refractivity contribution is 5.81. The summed E-state index contributed by atoms with van der Waals surface area (Å²) in [5.41, 5.74) is 3.32. The molecular formula is C14H10N4. The van der Waals surface area contributed by atoms with Gasteiger partial charge in [-0.05, 0) is 23.8 Å². The second-order valence-electron chi connectivity index (χ2n) is 4.04. The van der Waals surface area contributed by atoms with E-state index in [-0.39, 0.29) is 0 Å². The Kier molecular flexibility index (Phi) is 2.50. The maximum absolute atomic E-state index is 9.02. The summed E-state index contributed by atoms with van der Waals surface area (Å²) in [5, 5.41) is 9.02. The van der Waals surface area contributed by atoms with Crippen LogP contribution in [0.3, 0.4) is 0 Å². The molecule has 86 valence electrons. The van der Waals surface area contributed by atoms with Crippen molar-refractivity contribution in [1.29, 1.82) is 5.26 Å². The van der Waals surface area contributed by atoms with Crippen LogP contribution < -0.4 is 0 Å². The van der Waals surface area contributed by atoms with Crippen molar-refractivity contribution < 1.29 is 0 Å². The summed E-state index contributed by atoms with van der Waals surface area (Å²) in [4.78, 5) is 11.8. The average molecular weight is 234 g/mol. The number of aromatic amines is 1. The molecule has 18 heavy (non-hydrogen) atoms. The second-order valence-corrected chi connectivity index (χ2v) is 4.04. The second kappa shape index (κ2) is 4.30. The third-order valence-electron chi connectivity index (χ3n) is 2.78. The third kappa shape index (κ3) is 1.82. The number of hydrogen-bond acceptors (Lipinski definition) is 3. The molecule has 0 atom stereocenters. The Hall–Kier alpha value is -2.67. The lowest BCUT2D eigenvalue weighted by Gasteiger charge is -1.95. The predicted octanol–water partition coefficient (Wildman–Crippen LogP) is 2.42. The van der Waals surface area contributed by atoms with Crippen LogP contribution in [-0.4, -0.2) is 15.0 Å². The van der Waals surface area contributed by atoms with Crippen LogP contribution in [0.5, 0.6) is 0 Å². The number of aromatic nitrogens is 3. The number of nitriles is 1. The maximum atomic E-state index is 9.02. The molecule has 4 heteroatoms. The lowest BCUT2D eigenvalue weighted by Crippen LogP contribution is -1.90. The van der Waals surface area contributed by atoms with Gasteiger partial charge in [-0.3, -0.25) is 4.98 Å². The molecule has 0 aliphatic heterocycles. The van der Waals surface area contributed by atoms with Crippen molar-refractivity contribution in [1.82, 2.24) is 15.0 Å². The van der Waals surface area contributed by atoms with Gasteiger partial charge in [-0.1, -0.05) is 12.1 Å². The van der Waals surface area contributed by atoms with Crippen molar-refractivity contribution in [3.63, 3.8) is 0 Å². The molecule has 2 aromatic heterocycles. The number of imidazole rings is 1. The van der Waals surface area contributed by atoms with Crippen LogP contribution in [0.1, 0.15) is 17.0 Å². The lowest BCUT2D eigenvalue weighted by molar-refractivity contribution is 1.02. The fraction of sp³-hybridized carbons (Fsp3) is 0.0714. The van der Waals surface area contributed by atoms with Crippen LogP contribution in [0.25, 0.3) is 11.0 Å². The monoisotopic (exact) mass is 234 g/mol. The van der Waals surface area contributed by atoms with E-state index in [0.29, 0.717) is 12.0 Å². The molecule has 0 radical (unpaired) electrons. The summed E-state index contributed by atoms with van der Waals surface area (Å²) in [5.74, 6) is 0.848. The molecule has 0 amide bonds. The van der Waals surface area contributed by atoms with Gasteiger partial charge in [0.1, 0.15) is 17.4 Å². The highest BCUT2D eigenvalue weighted by Crippen LogP contribution is 2.17. The zero-order valence-corrected chi connectivity index (χ0v) is 9.59. The molecule has 3 rings (SSSR count). The Morgan fingerprint density at radius 1 is 1.22 bits per heavy atom. The molecule has 0 fully saturated rings. The van der Waals surface area contributed by atoms with Gasteiger partial charge in [-0.2, -0.15) is 5.26 Å². The van der Waals surface area contributed by atoms with Crippen LogP contribution in [0, 0.1) is 11.3 Å². The molecule has 0 bridgehead atoms. The van der Waals surface area contributed by atoms with Gasteiger partial charge in [0.15, 0.2) is 0 Å². The molecule has 1 aromatic carbocycles. The first-order valence-corrected chi connectivity index (χ1v) is 5.63. The van der Waals surface area contributed by atoms with Crippen LogP contribution in [0.4, 0.5) is 0 Å². The lowest BCUT2D eigenvalue weighted by atomic mass is 10.2. The molecule has 1 N–H and O–H groups in total. The molecule has 0 unspecified atom stereocenters. The van der Waals surface area contributed by atoms with E-state index < -0.39 is 0 Å². The van der Waals surface area contributed by atoms with E-state index in [4.69, 9.17) is 5.26 Å². The normalized spacial score (nSPS) is 10.4. The van der Waals surface area contributed by atoms with Crippen LogP contribution in [0.15, 0.2) is 42.7 Å². The van der Waals surface area contributed by atoms with Gasteiger partial charge in [0.05, 0.1) is 11.1 Å². The van der Waals surface area contributed by atoms with Crippen LogP contribution in [0.2, 0.25) is 0 Å². The van der Waals surface area contributed by atoms with Gasteiger partial charge in [-0.15, -0.1) is 0 Å². The first-order chi connectivity index (χ1) is 8.86. The summed E-state index contributed by atoms with van der Waals surface area (Å²) < 4.78 is 0. The Morgan fingerprint density at radius 3 is 2.94 bits per heavy atom. The van der Waals surface area contributed by atoms with Crippen molar-refractivity contribution in [2.45, 2.75) is 6.42 Å². The van der Waals surface area contributed by atoms with E-state index in [1.807, 2.05) is 30.5 Å². The van der Waals surface area contributed by atoms with Crippen LogP contribution in [-0.2, 0) is 6.42 Å². The summed E-state index contributed by atoms with van der Waals surface area (Å²) in [6.45, 7) is 0. The minimum Gasteiger partial charge on any atom is -0.342 e. The number of rotatable bonds is 2. The predicted molar refractivity (Wildman–Crippen MR) is 67.9 cm³/mol. The van der Waals surface area contributed by atoms with Gasteiger partial charge in [-0.25, -0.2) is 4.98 Å². The molecule has 0 saturated heterocycles. The summed E-state index contributed by atoms with van der Waals surface area (Å²) in [6, 6.07) is 11.6. The van der Waals surface area contributed by atoms with E-state index in [9.17, 15) is 0 Å². The molecule has 3 aromatic rings. The van der Waals surface area contributed by atoms with Gasteiger partial charge < -0.3 is 4.98 Å². The van der Waals surface area contributed by atoms with Gasteiger partial charge in [0.25, 0.3) is 0 Å². The molecule has 0 aliphatic carbocycles. The summed E-state index contributed by atoms with van der Waals surface area (Å²) in [6.07, 6.45) is 4.25. The zero-order valence-electron chi connectivity index (χ0n) is 9.59. The SMILES string of the molecule is N#Cc1cccc2[nH]c(Cc3cccnc3)nc12. The third-order valence-corrected chi connectivity index (χ3v) is 2.78. The maximum Gasteiger partial charge on any atom is 0.111 e. The molecule has 0 aliphatic rings. The van der Waals surface area contributed by atoms with E-state index >= 15 is 0 Å². The van der Waals surface area contributed by atoms with E-state index in [2.05, 4.69) is 21.0 Å². The quantitative estimate of drug-likeness (QED) is 0.740. The number of benzene rings is 1. The number of nitrogens with one attached hydrogen (secondary N) is 1. The topological polar surface area (TPSA) is 65.4 Å². The van der Waals surface area contributed by atoms with Gasteiger partial charge >= 0.3 is 0 Å². The Labute approximate surface area is 104 Å². The Morgan fingerprint density at radius 2 is 2.17 bits per heavy atom. The Bertz CT molecular complexity index is 722. The number of fused-ring (bicyclic) bond motifs is 1. The highest BCUT2D eigenvalue weighted by Gasteiger charge is 2.07. The van der Waals surface area contributed by atoms with Gasteiger partial charge in [0.2, 0.25) is 0 Å². The van der Waals surface area contributed by atoms with Crippen LogP contribution >= 0.6 is 0 Å². The number of pyridine rings is 1. The van der Waals surface area contributed by atoms with E-state index in [0.717, 1.165) is 22.4 Å². The summed E-state index contributed by atoms with van der Waals surface area (Å²) in [7, 11) is 0. The number of hydrogen-bond donors (Lipinski definition) is 1. The smallest absolute Gasteiger partial charge is 0.111 e. The van der Waals surface area contributed by atoms with E-state index in [1.165, 1.54) is 0 Å². The average Bonchev–Trinajstić information content (AvgIpc) is 2.82. The molecular weight excluding hydrogens is 224 g/mol. The first kappa shape index (κ1) is 10.5. The van der Waals surface area contributed by atoms with E-state index in [1.54, 1.807) is 12.3 Å². The van der Waals surface area contributed by atoms with Crippen molar-refractivity contribution >= 4 is 11.0 Å². The van der Waals surface area contributed by atoms with Crippen molar-refractivity contribution in [3.05, 3.63) is 59.7 Å². The number of para-hydroxylation sites is 1. The molecule has 0 saturated carbocycles. The zero-order chi connectivity index (χ0) is 12.4. The minimum absolute atomic E-state index is 0.598. The molecule has 4 nitrogen and oxygen atoms in total. The standard InChI is InChI=1S/C14H10N4/c15-8-11-4-1-5-12-14(11)18-13(17-12)7-10-3-2-6-16-9-10/h1-6,9H,7H2,(H,17,18). The number of nitrogens with zero attached hydrogens (tertiary/aromatic N) is 3. The largest absolute Gasteiger partial charge is 0.342 e.